The Morgan fingerprint density at radius 2 is 0.500 bits per heavy atom. The summed E-state index contributed by atoms with van der Waals surface area (Å²) in [5.74, 6) is 2.15. The second-order valence-corrected chi connectivity index (χ2v) is 14.0. The number of fused-ring (bicyclic) bond motifs is 1. The molecule has 0 fully saturated rings. The van der Waals surface area contributed by atoms with Gasteiger partial charge >= 0.3 is 0 Å². The van der Waals surface area contributed by atoms with E-state index in [1.165, 1.54) is 0 Å². The Bertz CT molecular complexity index is 1580. The van der Waals surface area contributed by atoms with E-state index in [9.17, 15) is 0 Å². The van der Waals surface area contributed by atoms with Crippen molar-refractivity contribution in [3.63, 3.8) is 0 Å². The average molecular weight is 1000 g/mol. The Hall–Kier alpha value is -2.58. The number of nitrogens with zero attached hydrogens (tertiary/aromatic N) is 4. The predicted octanol–water partition coefficient (Wildman–Crippen LogP) is 9.81. The van der Waals surface area contributed by atoms with Crippen molar-refractivity contribution in [3.05, 3.63) is 111 Å². The van der Waals surface area contributed by atoms with E-state index in [0.717, 1.165) is 37.0 Å². The van der Waals surface area contributed by atoms with Crippen molar-refractivity contribution in [1.82, 2.24) is 19.9 Å². The van der Waals surface area contributed by atoms with Crippen LogP contribution in [0.15, 0.2) is 97.1 Å². The van der Waals surface area contributed by atoms with E-state index in [4.69, 9.17) is 19.9 Å². The Labute approximate surface area is 296 Å². The van der Waals surface area contributed by atoms with Crippen molar-refractivity contribution in [3.8, 4) is 0 Å². The normalized spacial score (nSPS) is 10.9. The maximum absolute atomic E-state index is 4.90. The zero-order chi connectivity index (χ0) is 29.1. The van der Waals surface area contributed by atoms with Crippen molar-refractivity contribution in [1.29, 1.82) is 0 Å². The molecule has 0 saturated carbocycles. The minimum atomic E-state index is 0.400. The molecule has 4 N–H and O–H groups in total. The Morgan fingerprint density at radius 1 is 0.310 bits per heavy atom. The van der Waals surface area contributed by atoms with Gasteiger partial charge in [-0.2, -0.15) is 0 Å². The topological polar surface area (TPSA) is 99.7 Å². The molecule has 0 aliphatic heterocycles. The molecule has 0 aliphatic rings. The summed E-state index contributed by atoms with van der Waals surface area (Å²) in [5.41, 5.74) is 4.34. The van der Waals surface area contributed by atoms with Gasteiger partial charge in [-0.05, 0) is 187 Å². The molecule has 6 rings (SSSR count). The zero-order valence-corrected chi connectivity index (χ0v) is 30.2. The van der Waals surface area contributed by atoms with Gasteiger partial charge in [0, 0.05) is 37.0 Å². The van der Waals surface area contributed by atoms with Crippen molar-refractivity contribution in [2.45, 2.75) is 0 Å². The molecule has 0 bridgehead atoms. The average Bonchev–Trinajstić information content (AvgIpc) is 2.98. The predicted molar refractivity (Wildman–Crippen MR) is 205 cm³/mol. The van der Waals surface area contributed by atoms with Gasteiger partial charge in [-0.1, -0.05) is 0 Å². The largest absolute Gasteiger partial charge is 0.337 e. The van der Waals surface area contributed by atoms with Crippen LogP contribution in [0, 0.1) is 14.3 Å². The molecule has 0 spiro atoms. The molecule has 0 radical (unpaired) electrons. The van der Waals surface area contributed by atoms with Crippen molar-refractivity contribution < 1.29 is 0 Å². The number of hydrogen-bond donors (Lipinski definition) is 4. The first-order valence-electron chi connectivity index (χ1n) is 12.6. The third kappa shape index (κ3) is 7.49. The van der Waals surface area contributed by atoms with Crippen LogP contribution >= 0.6 is 90.4 Å². The van der Waals surface area contributed by atoms with Crippen LogP contribution in [0.4, 0.5) is 46.0 Å². The van der Waals surface area contributed by atoms with Crippen LogP contribution in [0.3, 0.4) is 0 Å². The molecular weight excluding hydrogens is 980 g/mol. The van der Waals surface area contributed by atoms with Crippen molar-refractivity contribution in [2.75, 3.05) is 21.3 Å². The van der Waals surface area contributed by atoms with Gasteiger partial charge in [0.25, 0.3) is 0 Å². The Balaban J connectivity index is 1.46. The highest BCUT2D eigenvalue weighted by atomic mass is 127. The maximum Gasteiger partial charge on any atom is 0.202 e. The Kier molecular flexibility index (Phi) is 9.39. The minimum absolute atomic E-state index is 0.400. The first-order valence-corrected chi connectivity index (χ1v) is 16.9. The lowest BCUT2D eigenvalue weighted by molar-refractivity contribution is 1.16. The lowest BCUT2D eigenvalue weighted by atomic mass is 10.3. The lowest BCUT2D eigenvalue weighted by Crippen LogP contribution is -2.08. The van der Waals surface area contributed by atoms with Gasteiger partial charge in [0.05, 0.1) is 0 Å². The molecule has 8 nitrogen and oxygen atoms in total. The first kappa shape index (κ1) is 29.5. The van der Waals surface area contributed by atoms with E-state index in [-0.39, 0.29) is 0 Å². The highest BCUT2D eigenvalue weighted by Gasteiger charge is 2.17. The van der Waals surface area contributed by atoms with Crippen molar-refractivity contribution >= 4 is 148 Å². The van der Waals surface area contributed by atoms with E-state index in [2.05, 4.69) is 112 Å². The molecule has 0 amide bonds. The fourth-order valence-electron chi connectivity index (χ4n) is 3.91. The summed E-state index contributed by atoms with van der Waals surface area (Å²) in [4.78, 5) is 19.6. The summed E-state index contributed by atoms with van der Waals surface area (Å²) in [6.45, 7) is 0. The fraction of sp³-hybridized carbons (Fsp3) is 0. The summed E-state index contributed by atoms with van der Waals surface area (Å²) in [5, 5.41) is 13.6. The van der Waals surface area contributed by atoms with Gasteiger partial charge in [0.15, 0.2) is 23.3 Å². The molecule has 6 aromatic rings. The number of hydrogen-bond acceptors (Lipinski definition) is 8. The highest BCUT2D eigenvalue weighted by Crippen LogP contribution is 2.31. The van der Waals surface area contributed by atoms with Crippen molar-refractivity contribution in [2.24, 2.45) is 0 Å². The zero-order valence-electron chi connectivity index (χ0n) is 21.5. The Morgan fingerprint density at radius 3 is 0.690 bits per heavy atom. The molecule has 4 aromatic carbocycles. The van der Waals surface area contributed by atoms with Crippen LogP contribution < -0.4 is 21.3 Å². The molecule has 0 unspecified atom stereocenters. The number of aromatic nitrogens is 4. The van der Waals surface area contributed by atoms with Crippen LogP contribution in [-0.2, 0) is 0 Å². The van der Waals surface area contributed by atoms with Gasteiger partial charge in [-0.3, -0.25) is 0 Å². The van der Waals surface area contributed by atoms with Crippen LogP contribution in [0.25, 0.3) is 11.3 Å². The van der Waals surface area contributed by atoms with Gasteiger partial charge < -0.3 is 21.3 Å². The number of halogens is 4. The smallest absolute Gasteiger partial charge is 0.202 e. The van der Waals surface area contributed by atoms with Crippen LogP contribution in [0.1, 0.15) is 0 Å². The summed E-state index contributed by atoms with van der Waals surface area (Å²) >= 11 is 9.16. The standard InChI is InChI=1S/C30H20I4N8/c31-17-1-9-21(10-2-17)35-25-26(36-22-11-3-18(32)4-12-22)40-30-29(39-25)41-27(37-23-13-5-19(33)6-14-23)28(42-30)38-24-15-7-20(34)8-16-24/h1-16H,(H2,35,37,39,41)(H2,36,38,40,42). The second kappa shape index (κ2) is 13.4. The summed E-state index contributed by atoms with van der Waals surface area (Å²) in [6, 6.07) is 32.3. The molecule has 42 heavy (non-hydrogen) atoms. The van der Waals surface area contributed by atoms with E-state index in [0.29, 0.717) is 34.6 Å². The van der Waals surface area contributed by atoms with Gasteiger partial charge in [-0.15, -0.1) is 0 Å². The van der Waals surface area contributed by atoms with E-state index >= 15 is 0 Å². The summed E-state index contributed by atoms with van der Waals surface area (Å²) in [7, 11) is 0. The number of anilines is 8. The van der Waals surface area contributed by atoms with Gasteiger partial charge in [-0.25, -0.2) is 19.9 Å². The number of benzene rings is 4. The third-order valence-corrected chi connectivity index (χ3v) is 8.82. The molecule has 12 heteroatoms. The quantitative estimate of drug-likeness (QED) is 0.112. The molecule has 2 heterocycles. The molecule has 208 valence electrons. The molecule has 0 atom stereocenters. The molecular formula is C30H20I4N8. The highest BCUT2D eigenvalue weighted by molar-refractivity contribution is 14.1. The summed E-state index contributed by atoms with van der Waals surface area (Å²) in [6.07, 6.45) is 0. The molecule has 0 saturated heterocycles. The lowest BCUT2D eigenvalue weighted by Gasteiger charge is -2.16. The number of nitrogens with one attached hydrogen (secondary N) is 4. The van der Waals surface area contributed by atoms with E-state index < -0.39 is 0 Å². The monoisotopic (exact) mass is 1000 g/mol. The van der Waals surface area contributed by atoms with E-state index in [1.54, 1.807) is 0 Å². The fourth-order valence-corrected chi connectivity index (χ4v) is 5.35. The van der Waals surface area contributed by atoms with Crippen LogP contribution in [0.5, 0.6) is 0 Å². The van der Waals surface area contributed by atoms with Gasteiger partial charge in [0.2, 0.25) is 11.3 Å². The minimum Gasteiger partial charge on any atom is -0.337 e. The van der Waals surface area contributed by atoms with Crippen LogP contribution in [0.2, 0.25) is 0 Å². The first-order chi connectivity index (χ1) is 20.4. The SMILES string of the molecule is Ic1ccc(Nc2nc3nc(Nc4ccc(I)cc4)c(Nc4ccc(I)cc4)nc3nc2Nc2ccc(I)cc2)cc1. The summed E-state index contributed by atoms with van der Waals surface area (Å²) < 4.78 is 4.58. The molecule has 2 aromatic heterocycles. The number of rotatable bonds is 8. The van der Waals surface area contributed by atoms with Crippen LogP contribution in [-0.4, -0.2) is 19.9 Å². The maximum atomic E-state index is 4.90. The second-order valence-electron chi connectivity index (χ2n) is 9.02. The molecule has 0 aliphatic carbocycles. The van der Waals surface area contributed by atoms with E-state index in [1.807, 2.05) is 97.1 Å². The van der Waals surface area contributed by atoms with Gasteiger partial charge in [0.1, 0.15) is 0 Å². The third-order valence-electron chi connectivity index (χ3n) is 5.95.